The van der Waals surface area contributed by atoms with Gasteiger partial charge in [-0.15, -0.1) is 0 Å². The molecule has 1 rings (SSSR count). The molecular weight excluding hydrogens is 245 g/mol. The van der Waals surface area contributed by atoms with Crippen LogP contribution in [0.2, 0.25) is 0 Å². The highest BCUT2D eigenvalue weighted by atomic mass is 19.4. The van der Waals surface area contributed by atoms with Crippen LogP contribution in [-0.4, -0.2) is 22.3 Å². The lowest BCUT2D eigenvalue weighted by atomic mass is 10.1. The van der Waals surface area contributed by atoms with Crippen molar-refractivity contribution in [3.8, 4) is 0 Å². The topological polar surface area (TPSA) is 28.7 Å². The number of nitrogens with one attached hydrogen (secondary N) is 1. The van der Waals surface area contributed by atoms with Crippen molar-refractivity contribution in [2.24, 2.45) is 0 Å². The van der Waals surface area contributed by atoms with Crippen LogP contribution >= 0.6 is 0 Å². The Labute approximate surface area is 84.4 Å². The molecule has 0 fully saturated rings. The van der Waals surface area contributed by atoms with Crippen LogP contribution in [0.25, 0.3) is 0 Å². The minimum Gasteiger partial charge on any atom is -0.282 e. The van der Waals surface area contributed by atoms with Crippen LogP contribution in [0.4, 0.5) is 30.7 Å². The van der Waals surface area contributed by atoms with Gasteiger partial charge in [-0.2, -0.15) is 35.8 Å². The predicted molar refractivity (Wildman–Crippen MR) is 38.2 cm³/mol. The van der Waals surface area contributed by atoms with Gasteiger partial charge in [-0.3, -0.25) is 5.10 Å². The van der Waals surface area contributed by atoms with E-state index < -0.39 is 23.7 Å². The molecule has 0 aliphatic rings. The summed E-state index contributed by atoms with van der Waals surface area (Å²) >= 11 is 0. The smallest absolute Gasteiger partial charge is 0.282 e. The molecule has 0 spiro atoms. The van der Waals surface area contributed by atoms with Crippen molar-refractivity contribution in [2.45, 2.75) is 24.9 Å². The van der Waals surface area contributed by atoms with Crippen molar-refractivity contribution >= 4 is 0 Å². The Kier molecular flexibility index (Phi) is 2.68. The van der Waals surface area contributed by atoms with Crippen molar-refractivity contribution in [1.29, 1.82) is 0 Å². The number of alkyl halides is 7. The molecule has 1 N–H and O–H groups in total. The summed E-state index contributed by atoms with van der Waals surface area (Å²) in [6, 6.07) is 0.430. The summed E-state index contributed by atoms with van der Waals surface area (Å²) in [5, 5.41) is 4.58. The number of nitrogens with zero attached hydrogens (tertiary/aromatic N) is 1. The fourth-order valence-corrected chi connectivity index (χ4v) is 0.918. The van der Waals surface area contributed by atoms with Gasteiger partial charge in [-0.05, 0) is 13.0 Å². The first-order valence-corrected chi connectivity index (χ1v) is 3.85. The highest BCUT2D eigenvalue weighted by molar-refractivity contribution is 5.16. The molecular formula is C7H5F7N2. The molecule has 9 heteroatoms. The SMILES string of the molecule is Cc1cc(C(F)(F)C(F)(F)C(F)(F)F)n[nH]1. The molecule has 0 aliphatic carbocycles. The van der Waals surface area contributed by atoms with Crippen LogP contribution in [0.3, 0.4) is 0 Å². The first kappa shape index (κ1) is 12.8. The summed E-state index contributed by atoms with van der Waals surface area (Å²) in [5.41, 5.74) is -1.69. The number of aromatic nitrogens is 2. The van der Waals surface area contributed by atoms with Crippen molar-refractivity contribution < 1.29 is 30.7 Å². The number of aromatic amines is 1. The lowest BCUT2D eigenvalue weighted by molar-refractivity contribution is -0.360. The zero-order chi connectivity index (χ0) is 12.8. The third-order valence-corrected chi connectivity index (χ3v) is 1.78. The van der Waals surface area contributed by atoms with Gasteiger partial charge in [0, 0.05) is 5.69 Å². The number of rotatable bonds is 2. The lowest BCUT2D eigenvalue weighted by Gasteiger charge is -2.26. The number of aryl methyl sites for hydroxylation is 1. The molecule has 1 aromatic heterocycles. The average Bonchev–Trinajstić information content (AvgIpc) is 2.49. The normalized spacial score (nSPS) is 14.2. The zero-order valence-corrected chi connectivity index (χ0v) is 7.67. The first-order chi connectivity index (χ1) is 7.00. The van der Waals surface area contributed by atoms with E-state index >= 15 is 0 Å². The van der Waals surface area contributed by atoms with Crippen molar-refractivity contribution in [2.75, 3.05) is 0 Å². The van der Waals surface area contributed by atoms with E-state index in [1.807, 2.05) is 5.10 Å². The predicted octanol–water partition coefficient (Wildman–Crippen LogP) is 3.01. The van der Waals surface area contributed by atoms with E-state index in [0.29, 0.717) is 6.07 Å². The van der Waals surface area contributed by atoms with Gasteiger partial charge in [-0.1, -0.05) is 0 Å². The Morgan fingerprint density at radius 2 is 1.56 bits per heavy atom. The molecule has 0 aromatic carbocycles. The largest absolute Gasteiger partial charge is 0.460 e. The van der Waals surface area contributed by atoms with Crippen molar-refractivity contribution in [3.05, 3.63) is 17.5 Å². The molecule has 1 heterocycles. The third-order valence-electron chi connectivity index (χ3n) is 1.78. The van der Waals surface area contributed by atoms with Crippen LogP contribution in [0.1, 0.15) is 11.4 Å². The second-order valence-electron chi connectivity index (χ2n) is 3.08. The molecule has 0 amide bonds. The van der Waals surface area contributed by atoms with E-state index in [9.17, 15) is 30.7 Å². The maximum absolute atomic E-state index is 12.9. The second-order valence-corrected chi connectivity index (χ2v) is 3.08. The Morgan fingerprint density at radius 3 is 1.88 bits per heavy atom. The maximum Gasteiger partial charge on any atom is 0.460 e. The Bertz CT molecular complexity index is 378. The van der Waals surface area contributed by atoms with Gasteiger partial charge >= 0.3 is 18.0 Å². The minimum atomic E-state index is -6.34. The van der Waals surface area contributed by atoms with Gasteiger partial charge in [0.05, 0.1) is 0 Å². The molecule has 1 aromatic rings. The fraction of sp³-hybridized carbons (Fsp3) is 0.571. The third kappa shape index (κ3) is 1.74. The van der Waals surface area contributed by atoms with E-state index in [-0.39, 0.29) is 5.69 Å². The zero-order valence-electron chi connectivity index (χ0n) is 7.67. The highest BCUT2D eigenvalue weighted by Gasteiger charge is 2.74. The molecule has 2 nitrogen and oxygen atoms in total. The molecule has 0 atom stereocenters. The molecule has 16 heavy (non-hydrogen) atoms. The number of hydrogen-bond acceptors (Lipinski definition) is 1. The van der Waals surface area contributed by atoms with E-state index in [4.69, 9.17) is 0 Å². The molecule has 0 aliphatic heterocycles. The van der Waals surface area contributed by atoms with Crippen molar-refractivity contribution in [3.63, 3.8) is 0 Å². The van der Waals surface area contributed by atoms with Crippen LogP contribution in [0.15, 0.2) is 6.07 Å². The van der Waals surface area contributed by atoms with E-state index in [1.54, 1.807) is 0 Å². The average molecular weight is 250 g/mol. The number of H-pyrrole nitrogens is 1. The van der Waals surface area contributed by atoms with Gasteiger partial charge in [-0.25, -0.2) is 0 Å². The maximum atomic E-state index is 12.9. The van der Waals surface area contributed by atoms with Gasteiger partial charge in [0.1, 0.15) is 5.69 Å². The fourth-order valence-electron chi connectivity index (χ4n) is 0.918. The van der Waals surface area contributed by atoms with E-state index in [2.05, 4.69) is 5.10 Å². The van der Waals surface area contributed by atoms with Crippen LogP contribution in [-0.2, 0) is 5.92 Å². The Balaban J connectivity index is 3.21. The number of halogens is 7. The minimum absolute atomic E-state index is 0.0485. The lowest BCUT2D eigenvalue weighted by Crippen LogP contribution is -2.50. The molecule has 92 valence electrons. The summed E-state index contributed by atoms with van der Waals surface area (Å²) in [6.07, 6.45) is -6.34. The first-order valence-electron chi connectivity index (χ1n) is 3.85. The van der Waals surface area contributed by atoms with Gasteiger partial charge in [0.25, 0.3) is 0 Å². The summed E-state index contributed by atoms with van der Waals surface area (Å²) in [4.78, 5) is 0. The summed E-state index contributed by atoms with van der Waals surface area (Å²) in [6.45, 7) is 1.19. The Morgan fingerprint density at radius 1 is 1.06 bits per heavy atom. The molecule has 0 radical (unpaired) electrons. The van der Waals surface area contributed by atoms with Crippen molar-refractivity contribution in [1.82, 2.24) is 10.2 Å². The number of hydrogen-bond donors (Lipinski definition) is 1. The van der Waals surface area contributed by atoms with E-state index in [1.165, 1.54) is 6.92 Å². The highest BCUT2D eigenvalue weighted by Crippen LogP contribution is 2.51. The molecule has 0 saturated heterocycles. The standard InChI is InChI=1S/C7H5F7N2/c1-3-2-4(16-15-3)5(8,9)6(10,11)7(12,13)14/h2H,1H3,(H,15,16). The van der Waals surface area contributed by atoms with Gasteiger partial charge < -0.3 is 0 Å². The summed E-state index contributed by atoms with van der Waals surface area (Å²) in [7, 11) is 0. The summed E-state index contributed by atoms with van der Waals surface area (Å²) < 4.78 is 86.0. The van der Waals surface area contributed by atoms with Gasteiger partial charge in [0.2, 0.25) is 0 Å². The monoisotopic (exact) mass is 250 g/mol. The summed E-state index contributed by atoms with van der Waals surface area (Å²) in [5.74, 6) is -11.6. The van der Waals surface area contributed by atoms with Crippen LogP contribution < -0.4 is 0 Å². The van der Waals surface area contributed by atoms with E-state index in [0.717, 1.165) is 0 Å². The Hall–Kier alpha value is -1.28. The second kappa shape index (κ2) is 3.36. The quantitative estimate of drug-likeness (QED) is 0.803. The van der Waals surface area contributed by atoms with Gasteiger partial charge in [0.15, 0.2) is 0 Å². The van der Waals surface area contributed by atoms with Crippen LogP contribution in [0.5, 0.6) is 0 Å². The molecule has 0 saturated carbocycles. The molecule has 0 unspecified atom stereocenters. The molecule has 0 bridgehead atoms. The van der Waals surface area contributed by atoms with Crippen LogP contribution in [0, 0.1) is 6.92 Å².